The molecule has 164 valence electrons. The first-order valence-electron chi connectivity index (χ1n) is 11.1. The topological polar surface area (TPSA) is 83.7 Å². The van der Waals surface area contributed by atoms with Gasteiger partial charge in [0.05, 0.1) is 12.5 Å². The Morgan fingerprint density at radius 1 is 1.16 bits per heavy atom. The van der Waals surface area contributed by atoms with Crippen molar-refractivity contribution in [3.8, 4) is 0 Å². The quantitative estimate of drug-likeness (QED) is 0.621. The SMILES string of the molecule is COC(=O)c1[nH]c2ccccc2c1C12CCN(C(=O)C3CCCO3)C1Nc1ccccc12. The van der Waals surface area contributed by atoms with Crippen LogP contribution in [-0.4, -0.2) is 54.3 Å². The number of ether oxygens (including phenoxy) is 2. The minimum Gasteiger partial charge on any atom is -0.464 e. The number of amides is 1. The normalized spacial score (nSPS) is 26.1. The first-order valence-corrected chi connectivity index (χ1v) is 11.1. The first kappa shape index (κ1) is 19.4. The Kier molecular flexibility index (Phi) is 4.30. The van der Waals surface area contributed by atoms with Crippen molar-refractivity contribution in [1.29, 1.82) is 0 Å². The fraction of sp³-hybridized carbons (Fsp3) is 0.360. The van der Waals surface area contributed by atoms with E-state index in [0.717, 1.165) is 40.6 Å². The van der Waals surface area contributed by atoms with E-state index in [-0.39, 0.29) is 18.2 Å². The van der Waals surface area contributed by atoms with Crippen LogP contribution in [-0.2, 0) is 19.7 Å². The Bertz CT molecular complexity index is 1230. The van der Waals surface area contributed by atoms with Crippen LogP contribution in [0.25, 0.3) is 10.9 Å². The molecule has 0 bridgehead atoms. The largest absolute Gasteiger partial charge is 0.464 e. The van der Waals surface area contributed by atoms with Crippen LogP contribution in [0.3, 0.4) is 0 Å². The molecule has 2 fully saturated rings. The number of nitrogens with zero attached hydrogens (tertiary/aromatic N) is 1. The predicted molar refractivity (Wildman–Crippen MR) is 120 cm³/mol. The summed E-state index contributed by atoms with van der Waals surface area (Å²) in [5.74, 6) is -0.383. The minimum absolute atomic E-state index is 0.0224. The van der Waals surface area contributed by atoms with Crippen LogP contribution in [0.1, 0.15) is 40.9 Å². The standard InChI is InChI=1S/C25H25N3O4/c1-31-23(30)21-20(15-7-2-4-9-17(15)26-21)25-12-13-28(22(29)19-11-6-14-32-19)24(25)27-18-10-5-3-8-16(18)25/h2-5,7-10,19,24,26-27H,6,11-14H2,1H3. The molecule has 3 aliphatic heterocycles. The number of carbonyl (C=O) groups is 2. The molecule has 32 heavy (non-hydrogen) atoms. The van der Waals surface area contributed by atoms with Crippen molar-refractivity contribution in [3.05, 3.63) is 65.4 Å². The van der Waals surface area contributed by atoms with Gasteiger partial charge in [0, 0.05) is 35.3 Å². The fourth-order valence-corrected chi connectivity index (χ4v) is 5.91. The van der Waals surface area contributed by atoms with Crippen LogP contribution in [0, 0.1) is 0 Å². The number of aromatic nitrogens is 1. The number of H-pyrrole nitrogens is 1. The molecular weight excluding hydrogens is 406 g/mol. The van der Waals surface area contributed by atoms with Crippen molar-refractivity contribution in [1.82, 2.24) is 9.88 Å². The summed E-state index contributed by atoms with van der Waals surface area (Å²) < 4.78 is 10.9. The molecule has 2 N–H and O–H groups in total. The van der Waals surface area contributed by atoms with Crippen molar-refractivity contribution in [2.75, 3.05) is 25.6 Å². The summed E-state index contributed by atoms with van der Waals surface area (Å²) in [4.78, 5) is 31.6. The Labute approximate surface area is 185 Å². The van der Waals surface area contributed by atoms with Crippen LogP contribution in [0.4, 0.5) is 5.69 Å². The number of aromatic amines is 1. The second kappa shape index (κ2) is 7.10. The third-order valence-corrected chi connectivity index (χ3v) is 7.26. The summed E-state index contributed by atoms with van der Waals surface area (Å²) in [6, 6.07) is 16.1. The molecule has 2 saturated heterocycles. The zero-order valence-corrected chi connectivity index (χ0v) is 17.9. The highest BCUT2D eigenvalue weighted by molar-refractivity contribution is 6.00. The molecule has 1 amide bonds. The average Bonchev–Trinajstić information content (AvgIpc) is 3.59. The van der Waals surface area contributed by atoms with E-state index in [1.807, 2.05) is 47.4 Å². The number of hydrogen-bond acceptors (Lipinski definition) is 5. The number of benzene rings is 2. The van der Waals surface area contributed by atoms with Crippen molar-refractivity contribution in [2.24, 2.45) is 0 Å². The van der Waals surface area contributed by atoms with Gasteiger partial charge < -0.3 is 24.7 Å². The molecule has 3 aromatic rings. The van der Waals surface area contributed by atoms with Gasteiger partial charge in [0.25, 0.3) is 5.91 Å². The van der Waals surface area contributed by atoms with Gasteiger partial charge in [-0.15, -0.1) is 0 Å². The number of rotatable bonds is 3. The number of hydrogen-bond donors (Lipinski definition) is 2. The number of para-hydroxylation sites is 2. The van der Waals surface area contributed by atoms with E-state index in [1.165, 1.54) is 7.11 Å². The fourth-order valence-electron chi connectivity index (χ4n) is 5.91. The van der Waals surface area contributed by atoms with Gasteiger partial charge in [0.15, 0.2) is 0 Å². The molecule has 1 aromatic heterocycles. The molecule has 4 heterocycles. The van der Waals surface area contributed by atoms with Gasteiger partial charge in [-0.1, -0.05) is 36.4 Å². The lowest BCUT2D eigenvalue weighted by atomic mass is 9.72. The molecular formula is C25H25N3O4. The maximum Gasteiger partial charge on any atom is 0.354 e. The molecule has 3 aliphatic rings. The molecule has 0 spiro atoms. The number of fused-ring (bicyclic) bond motifs is 4. The molecule has 7 heteroatoms. The maximum absolute atomic E-state index is 13.5. The molecule has 0 aliphatic carbocycles. The summed E-state index contributed by atoms with van der Waals surface area (Å²) >= 11 is 0. The summed E-state index contributed by atoms with van der Waals surface area (Å²) in [6.07, 6.45) is 1.66. The highest BCUT2D eigenvalue weighted by atomic mass is 16.5. The lowest BCUT2D eigenvalue weighted by molar-refractivity contribution is -0.141. The molecule has 7 nitrogen and oxygen atoms in total. The number of anilines is 1. The molecule has 0 saturated carbocycles. The van der Waals surface area contributed by atoms with E-state index < -0.39 is 11.4 Å². The van der Waals surface area contributed by atoms with E-state index >= 15 is 0 Å². The van der Waals surface area contributed by atoms with Gasteiger partial charge in [0.2, 0.25) is 0 Å². The van der Waals surface area contributed by atoms with E-state index in [9.17, 15) is 9.59 Å². The van der Waals surface area contributed by atoms with Crippen LogP contribution in [0.15, 0.2) is 48.5 Å². The summed E-state index contributed by atoms with van der Waals surface area (Å²) in [7, 11) is 1.40. The van der Waals surface area contributed by atoms with Crippen LogP contribution < -0.4 is 5.32 Å². The van der Waals surface area contributed by atoms with E-state index in [0.29, 0.717) is 25.3 Å². The van der Waals surface area contributed by atoms with Gasteiger partial charge in [-0.3, -0.25) is 4.79 Å². The highest BCUT2D eigenvalue weighted by Gasteiger charge is 2.58. The molecule has 0 radical (unpaired) electrons. The van der Waals surface area contributed by atoms with Crippen molar-refractivity contribution < 1.29 is 19.1 Å². The number of esters is 1. The van der Waals surface area contributed by atoms with Crippen LogP contribution in [0.2, 0.25) is 0 Å². The third kappa shape index (κ3) is 2.51. The minimum atomic E-state index is -0.575. The van der Waals surface area contributed by atoms with Crippen molar-refractivity contribution in [3.63, 3.8) is 0 Å². The Morgan fingerprint density at radius 2 is 1.97 bits per heavy atom. The Morgan fingerprint density at radius 3 is 2.78 bits per heavy atom. The van der Waals surface area contributed by atoms with Gasteiger partial charge in [-0.2, -0.15) is 0 Å². The maximum atomic E-state index is 13.5. The summed E-state index contributed by atoms with van der Waals surface area (Å²) in [5, 5.41) is 4.59. The Hall–Kier alpha value is -3.32. The monoisotopic (exact) mass is 431 g/mol. The number of methoxy groups -OCH3 is 1. The zero-order chi connectivity index (χ0) is 21.9. The van der Waals surface area contributed by atoms with Crippen molar-refractivity contribution in [2.45, 2.75) is 36.9 Å². The van der Waals surface area contributed by atoms with E-state index in [2.05, 4.69) is 16.4 Å². The highest BCUT2D eigenvalue weighted by Crippen LogP contribution is 2.55. The molecule has 3 atom stereocenters. The Balaban J connectivity index is 1.58. The third-order valence-electron chi connectivity index (χ3n) is 7.26. The summed E-state index contributed by atoms with van der Waals surface area (Å²) in [6.45, 7) is 1.22. The van der Waals surface area contributed by atoms with E-state index in [4.69, 9.17) is 9.47 Å². The second-order valence-corrected chi connectivity index (χ2v) is 8.76. The van der Waals surface area contributed by atoms with Gasteiger partial charge in [-0.25, -0.2) is 4.79 Å². The van der Waals surface area contributed by atoms with Gasteiger partial charge >= 0.3 is 5.97 Å². The number of nitrogens with one attached hydrogen (secondary N) is 2. The lowest BCUT2D eigenvalue weighted by Gasteiger charge is -2.34. The first-order chi connectivity index (χ1) is 15.6. The average molecular weight is 431 g/mol. The summed E-state index contributed by atoms with van der Waals surface area (Å²) in [5.41, 5.74) is 3.73. The van der Waals surface area contributed by atoms with Crippen molar-refractivity contribution >= 4 is 28.5 Å². The van der Waals surface area contributed by atoms with Gasteiger partial charge in [0.1, 0.15) is 18.0 Å². The molecule has 3 unspecified atom stereocenters. The lowest BCUT2D eigenvalue weighted by Crippen LogP contribution is -2.50. The second-order valence-electron chi connectivity index (χ2n) is 8.76. The number of likely N-dealkylation sites (tertiary alicyclic amines) is 1. The van der Waals surface area contributed by atoms with E-state index in [1.54, 1.807) is 0 Å². The smallest absolute Gasteiger partial charge is 0.354 e. The van der Waals surface area contributed by atoms with Crippen LogP contribution >= 0.6 is 0 Å². The number of carbonyl (C=O) groups excluding carboxylic acids is 2. The predicted octanol–water partition coefficient (Wildman–Crippen LogP) is 3.40. The zero-order valence-electron chi connectivity index (χ0n) is 17.9. The molecule has 2 aromatic carbocycles. The van der Waals surface area contributed by atoms with Crippen LogP contribution in [0.5, 0.6) is 0 Å². The van der Waals surface area contributed by atoms with Gasteiger partial charge in [-0.05, 0) is 37.0 Å². The molecule has 6 rings (SSSR count).